The molecule has 0 atom stereocenters. The average molecular weight is 368 g/mol. The number of ether oxygens (including phenoxy) is 2. The van der Waals surface area contributed by atoms with Crippen LogP contribution in [-0.2, 0) is 0 Å². The zero-order chi connectivity index (χ0) is 19.6. The molecular formula is C20H24N4O3. The van der Waals surface area contributed by atoms with E-state index in [-0.39, 0.29) is 17.5 Å². The number of aromatic nitrogens is 1. The smallest absolute Gasteiger partial charge is 0.252 e. The van der Waals surface area contributed by atoms with Crippen LogP contribution in [0.15, 0.2) is 40.4 Å². The third-order valence-corrected chi connectivity index (χ3v) is 4.01. The van der Waals surface area contributed by atoms with Gasteiger partial charge in [0.1, 0.15) is 12.7 Å². The van der Waals surface area contributed by atoms with Gasteiger partial charge in [-0.05, 0) is 36.6 Å². The summed E-state index contributed by atoms with van der Waals surface area (Å²) in [6.45, 7) is 8.14. The molecule has 142 valence electrons. The number of nitrogens with one attached hydrogen (secondary N) is 1. The number of anilines is 1. The second kappa shape index (κ2) is 10.0. The lowest BCUT2D eigenvalue weighted by molar-refractivity contribution is 0.326. The molecule has 1 aromatic heterocycles. The topological polar surface area (TPSA) is 92.7 Å². The SMILES string of the molecule is C=CCOc1ccc(/C=N/Nc2oc(C(CC)CC)nc2C#N)cc1OC. The Bertz CT molecular complexity index is 832. The minimum Gasteiger partial charge on any atom is -0.493 e. The van der Waals surface area contributed by atoms with E-state index in [2.05, 4.69) is 35.9 Å². The van der Waals surface area contributed by atoms with Crippen molar-refractivity contribution in [2.24, 2.45) is 5.10 Å². The molecular weight excluding hydrogens is 344 g/mol. The minimum absolute atomic E-state index is 0.184. The monoisotopic (exact) mass is 368 g/mol. The molecule has 0 aliphatic rings. The van der Waals surface area contributed by atoms with Crippen molar-refractivity contribution < 1.29 is 13.9 Å². The second-order valence-corrected chi connectivity index (χ2v) is 5.74. The Labute approximate surface area is 159 Å². The van der Waals surface area contributed by atoms with Crippen LogP contribution in [0, 0.1) is 11.3 Å². The number of benzene rings is 1. The highest BCUT2D eigenvalue weighted by atomic mass is 16.5. The summed E-state index contributed by atoms with van der Waals surface area (Å²) in [5, 5.41) is 13.4. The summed E-state index contributed by atoms with van der Waals surface area (Å²) in [5.74, 6) is 2.20. The lowest BCUT2D eigenvalue weighted by Gasteiger charge is -2.09. The molecule has 2 rings (SSSR count). The van der Waals surface area contributed by atoms with Gasteiger partial charge < -0.3 is 13.9 Å². The molecule has 0 unspecified atom stereocenters. The van der Waals surface area contributed by atoms with E-state index < -0.39 is 0 Å². The first kappa shape index (κ1) is 20.0. The standard InChI is InChI=1S/C20H24N4O3/c1-5-10-26-17-9-8-14(11-18(17)25-4)13-22-24-20-16(12-21)23-19(27-20)15(6-2)7-3/h5,8-9,11,13,15,24H,1,6-7,10H2,2-4H3/b22-13+. The van der Waals surface area contributed by atoms with Gasteiger partial charge >= 0.3 is 0 Å². The predicted octanol–water partition coefficient (Wildman–Crippen LogP) is 4.47. The molecule has 0 aliphatic carbocycles. The predicted molar refractivity (Wildman–Crippen MR) is 104 cm³/mol. The molecule has 27 heavy (non-hydrogen) atoms. The highest BCUT2D eigenvalue weighted by Crippen LogP contribution is 2.28. The maximum absolute atomic E-state index is 9.24. The zero-order valence-corrected chi connectivity index (χ0v) is 15.9. The average Bonchev–Trinajstić information content (AvgIpc) is 3.10. The van der Waals surface area contributed by atoms with Gasteiger partial charge in [0.15, 0.2) is 11.5 Å². The molecule has 0 saturated heterocycles. The summed E-state index contributed by atoms with van der Waals surface area (Å²) in [7, 11) is 1.57. The van der Waals surface area contributed by atoms with Crippen LogP contribution in [0.5, 0.6) is 11.5 Å². The third-order valence-electron chi connectivity index (χ3n) is 4.01. The number of nitriles is 1. The van der Waals surface area contributed by atoms with E-state index in [9.17, 15) is 5.26 Å². The Morgan fingerprint density at radius 3 is 2.78 bits per heavy atom. The number of methoxy groups -OCH3 is 1. The van der Waals surface area contributed by atoms with Crippen LogP contribution in [-0.4, -0.2) is 24.9 Å². The van der Waals surface area contributed by atoms with Crippen molar-refractivity contribution in [2.75, 3.05) is 19.1 Å². The molecule has 0 bridgehead atoms. The lowest BCUT2D eigenvalue weighted by Crippen LogP contribution is -1.97. The number of hydrogen-bond donors (Lipinski definition) is 1. The van der Waals surface area contributed by atoms with Crippen LogP contribution in [0.1, 0.15) is 49.8 Å². The van der Waals surface area contributed by atoms with Crippen LogP contribution in [0.4, 0.5) is 5.88 Å². The van der Waals surface area contributed by atoms with Gasteiger partial charge in [-0.1, -0.05) is 26.5 Å². The summed E-state index contributed by atoms with van der Waals surface area (Å²) in [6.07, 6.45) is 5.05. The van der Waals surface area contributed by atoms with E-state index in [1.54, 1.807) is 31.5 Å². The van der Waals surface area contributed by atoms with Crippen molar-refractivity contribution in [3.63, 3.8) is 0 Å². The summed E-state index contributed by atoms with van der Waals surface area (Å²) >= 11 is 0. The van der Waals surface area contributed by atoms with Gasteiger partial charge in [0.25, 0.3) is 5.88 Å². The largest absolute Gasteiger partial charge is 0.493 e. The fourth-order valence-electron chi connectivity index (χ4n) is 2.50. The fourth-order valence-corrected chi connectivity index (χ4v) is 2.50. The molecule has 0 amide bonds. The molecule has 2 aromatic rings. The fraction of sp³-hybridized carbons (Fsp3) is 0.350. The highest BCUT2D eigenvalue weighted by Gasteiger charge is 2.18. The van der Waals surface area contributed by atoms with E-state index in [0.717, 1.165) is 18.4 Å². The Hall–Kier alpha value is -3.27. The van der Waals surface area contributed by atoms with Crippen molar-refractivity contribution in [3.8, 4) is 17.6 Å². The quantitative estimate of drug-likeness (QED) is 0.378. The summed E-state index contributed by atoms with van der Waals surface area (Å²) < 4.78 is 16.5. The third kappa shape index (κ3) is 5.11. The van der Waals surface area contributed by atoms with Crippen LogP contribution in [0.3, 0.4) is 0 Å². The van der Waals surface area contributed by atoms with Crippen molar-refractivity contribution in [1.29, 1.82) is 5.26 Å². The molecule has 0 radical (unpaired) electrons. The summed E-state index contributed by atoms with van der Waals surface area (Å²) in [5.41, 5.74) is 3.74. The molecule has 0 spiro atoms. The molecule has 7 heteroatoms. The number of oxazole rings is 1. The van der Waals surface area contributed by atoms with Gasteiger partial charge in [0, 0.05) is 5.92 Å². The molecule has 1 N–H and O–H groups in total. The second-order valence-electron chi connectivity index (χ2n) is 5.74. The minimum atomic E-state index is 0.184. The Morgan fingerprint density at radius 1 is 1.37 bits per heavy atom. The van der Waals surface area contributed by atoms with E-state index in [1.165, 1.54) is 0 Å². The molecule has 0 aliphatic heterocycles. The lowest BCUT2D eigenvalue weighted by atomic mass is 10.0. The van der Waals surface area contributed by atoms with Crippen LogP contribution in [0.25, 0.3) is 0 Å². The molecule has 1 heterocycles. The van der Waals surface area contributed by atoms with Crippen LogP contribution >= 0.6 is 0 Å². The van der Waals surface area contributed by atoms with Crippen molar-refractivity contribution >= 4 is 12.1 Å². The first-order valence-electron chi connectivity index (χ1n) is 8.78. The van der Waals surface area contributed by atoms with E-state index >= 15 is 0 Å². The Morgan fingerprint density at radius 2 is 2.15 bits per heavy atom. The summed E-state index contributed by atoms with van der Waals surface area (Å²) in [4.78, 5) is 4.26. The van der Waals surface area contributed by atoms with Crippen molar-refractivity contribution in [3.05, 3.63) is 48.0 Å². The van der Waals surface area contributed by atoms with Crippen LogP contribution < -0.4 is 14.9 Å². The first-order chi connectivity index (χ1) is 13.2. The molecule has 0 fully saturated rings. The van der Waals surface area contributed by atoms with Gasteiger partial charge in [-0.3, -0.25) is 0 Å². The highest BCUT2D eigenvalue weighted by molar-refractivity contribution is 5.81. The van der Waals surface area contributed by atoms with Gasteiger partial charge in [0.05, 0.1) is 13.3 Å². The summed E-state index contributed by atoms with van der Waals surface area (Å²) in [6, 6.07) is 7.46. The van der Waals surface area contributed by atoms with E-state index in [1.807, 2.05) is 12.1 Å². The van der Waals surface area contributed by atoms with Gasteiger partial charge in [-0.2, -0.15) is 10.4 Å². The van der Waals surface area contributed by atoms with Crippen LogP contribution in [0.2, 0.25) is 0 Å². The molecule has 7 nitrogen and oxygen atoms in total. The van der Waals surface area contributed by atoms with Gasteiger partial charge in [-0.15, -0.1) is 0 Å². The van der Waals surface area contributed by atoms with Gasteiger partial charge in [-0.25, -0.2) is 10.4 Å². The normalized spacial score (nSPS) is 10.8. The number of rotatable bonds is 10. The maximum atomic E-state index is 9.24. The maximum Gasteiger partial charge on any atom is 0.252 e. The van der Waals surface area contributed by atoms with Gasteiger partial charge in [0.2, 0.25) is 11.6 Å². The molecule has 1 aromatic carbocycles. The number of nitrogens with zero attached hydrogens (tertiary/aromatic N) is 3. The first-order valence-corrected chi connectivity index (χ1v) is 8.78. The molecule has 0 saturated carbocycles. The number of hydrogen-bond acceptors (Lipinski definition) is 7. The van der Waals surface area contributed by atoms with Crippen molar-refractivity contribution in [1.82, 2.24) is 4.98 Å². The van der Waals surface area contributed by atoms with E-state index in [4.69, 9.17) is 13.9 Å². The zero-order valence-electron chi connectivity index (χ0n) is 15.9. The number of hydrazone groups is 1. The van der Waals surface area contributed by atoms with Crippen molar-refractivity contribution in [2.45, 2.75) is 32.6 Å². The Kier molecular flexibility index (Phi) is 7.44. The van der Waals surface area contributed by atoms with E-state index in [0.29, 0.717) is 24.0 Å². The Balaban J connectivity index is 2.13.